The van der Waals surface area contributed by atoms with Crippen molar-refractivity contribution in [3.8, 4) is 5.75 Å². The summed E-state index contributed by atoms with van der Waals surface area (Å²) >= 11 is 0. The van der Waals surface area contributed by atoms with Crippen LogP contribution in [-0.4, -0.2) is 16.8 Å². The maximum Gasteiger partial charge on any atom is 0.276 e. The lowest BCUT2D eigenvalue weighted by Crippen LogP contribution is -2.56. The van der Waals surface area contributed by atoms with Crippen molar-refractivity contribution in [3.63, 3.8) is 0 Å². The van der Waals surface area contributed by atoms with Crippen LogP contribution in [0.2, 0.25) is 0 Å². The third-order valence-corrected chi connectivity index (χ3v) is 4.53. The minimum absolute atomic E-state index is 0.0479. The molecule has 0 N–H and O–H groups in total. The van der Waals surface area contributed by atoms with Crippen molar-refractivity contribution in [2.75, 3.05) is 0 Å². The van der Waals surface area contributed by atoms with E-state index in [1.165, 1.54) is 6.07 Å². The second-order valence-corrected chi connectivity index (χ2v) is 5.25. The fourth-order valence-electron chi connectivity index (χ4n) is 2.95. The largest absolute Gasteiger partial charge is 0.488 e. The summed E-state index contributed by atoms with van der Waals surface area (Å²) in [7, 11) is 0. The third-order valence-electron chi connectivity index (χ3n) is 4.53. The number of nitrogens with zero attached hydrogens (tertiary/aromatic N) is 1. The molecule has 0 radical (unpaired) electrons. The minimum atomic E-state index is -0.420. The average molecular weight is 277 g/mol. The number of Topliss-reactive ketones (excluding diaryl/α,β-unsaturated/α-hetero) is 1. The molecule has 1 aliphatic rings. The standard InChI is InChI=1S/C15H19NO4/c1-4-15(5-2)13(17)9-14(15)20-12-8-6-7-11(10(12)3)16(18)19/h6-8,14H,4-5,9H2,1-3H3. The number of hydrogen-bond acceptors (Lipinski definition) is 4. The molecule has 1 atom stereocenters. The van der Waals surface area contributed by atoms with Gasteiger partial charge in [0.1, 0.15) is 17.6 Å². The van der Waals surface area contributed by atoms with Crippen LogP contribution in [0.4, 0.5) is 5.69 Å². The van der Waals surface area contributed by atoms with Crippen LogP contribution in [0.15, 0.2) is 18.2 Å². The molecule has 0 spiro atoms. The molecule has 2 rings (SSSR count). The van der Waals surface area contributed by atoms with E-state index >= 15 is 0 Å². The lowest BCUT2D eigenvalue weighted by Gasteiger charge is -2.46. The van der Waals surface area contributed by atoms with Crippen LogP contribution in [0, 0.1) is 22.5 Å². The van der Waals surface area contributed by atoms with Crippen LogP contribution in [0.5, 0.6) is 5.75 Å². The third kappa shape index (κ3) is 2.07. The predicted octanol–water partition coefficient (Wildman–Crippen LogP) is 3.43. The first kappa shape index (κ1) is 14.5. The molecule has 0 amide bonds. The highest BCUT2D eigenvalue weighted by molar-refractivity contribution is 5.92. The van der Waals surface area contributed by atoms with Gasteiger partial charge < -0.3 is 4.74 Å². The number of nitro benzene ring substituents is 1. The summed E-state index contributed by atoms with van der Waals surface area (Å²) in [5.41, 5.74) is 0.140. The van der Waals surface area contributed by atoms with E-state index in [0.717, 1.165) is 12.8 Å². The molecular formula is C15H19NO4. The Balaban J connectivity index is 2.26. The number of benzene rings is 1. The maximum atomic E-state index is 11.9. The number of nitro groups is 1. The van der Waals surface area contributed by atoms with E-state index in [1.54, 1.807) is 19.1 Å². The van der Waals surface area contributed by atoms with Crippen molar-refractivity contribution in [1.82, 2.24) is 0 Å². The Morgan fingerprint density at radius 2 is 2.05 bits per heavy atom. The van der Waals surface area contributed by atoms with Gasteiger partial charge in [0.05, 0.1) is 15.9 Å². The molecule has 1 aromatic rings. The molecule has 0 bridgehead atoms. The van der Waals surface area contributed by atoms with Gasteiger partial charge in [0, 0.05) is 12.5 Å². The van der Waals surface area contributed by atoms with Gasteiger partial charge in [0.2, 0.25) is 0 Å². The maximum absolute atomic E-state index is 11.9. The van der Waals surface area contributed by atoms with Gasteiger partial charge in [-0.1, -0.05) is 19.9 Å². The Morgan fingerprint density at radius 3 is 2.55 bits per heavy atom. The number of rotatable bonds is 5. The van der Waals surface area contributed by atoms with E-state index in [9.17, 15) is 14.9 Å². The lowest BCUT2D eigenvalue weighted by atomic mass is 9.61. The molecule has 20 heavy (non-hydrogen) atoms. The summed E-state index contributed by atoms with van der Waals surface area (Å²) in [4.78, 5) is 22.4. The van der Waals surface area contributed by atoms with Gasteiger partial charge in [-0.15, -0.1) is 0 Å². The highest BCUT2D eigenvalue weighted by Gasteiger charge is 2.54. The van der Waals surface area contributed by atoms with Crippen molar-refractivity contribution in [2.24, 2.45) is 5.41 Å². The van der Waals surface area contributed by atoms with Gasteiger partial charge >= 0.3 is 0 Å². The van der Waals surface area contributed by atoms with E-state index in [1.807, 2.05) is 13.8 Å². The number of hydrogen-bond donors (Lipinski definition) is 0. The van der Waals surface area contributed by atoms with E-state index < -0.39 is 10.3 Å². The van der Waals surface area contributed by atoms with E-state index in [0.29, 0.717) is 17.7 Å². The number of carbonyl (C=O) groups is 1. The van der Waals surface area contributed by atoms with Gasteiger partial charge in [-0.05, 0) is 25.8 Å². The Kier molecular flexibility index (Phi) is 3.79. The fraction of sp³-hybridized carbons (Fsp3) is 0.533. The van der Waals surface area contributed by atoms with Gasteiger partial charge in [-0.25, -0.2) is 0 Å². The van der Waals surface area contributed by atoms with Gasteiger partial charge in [-0.2, -0.15) is 0 Å². The molecule has 0 saturated heterocycles. The minimum Gasteiger partial charge on any atom is -0.488 e. The quantitative estimate of drug-likeness (QED) is 0.610. The van der Waals surface area contributed by atoms with Crippen molar-refractivity contribution < 1.29 is 14.5 Å². The van der Waals surface area contributed by atoms with E-state index in [4.69, 9.17) is 4.74 Å². The molecule has 0 heterocycles. The number of ether oxygens (including phenoxy) is 1. The van der Waals surface area contributed by atoms with Gasteiger partial charge in [0.15, 0.2) is 0 Å². The van der Waals surface area contributed by atoms with Crippen LogP contribution < -0.4 is 4.74 Å². The molecule has 0 aromatic heterocycles. The van der Waals surface area contributed by atoms with Crippen LogP contribution >= 0.6 is 0 Å². The molecule has 0 aliphatic heterocycles. The molecule has 1 unspecified atom stereocenters. The zero-order chi connectivity index (χ0) is 14.9. The Morgan fingerprint density at radius 1 is 1.40 bits per heavy atom. The Labute approximate surface area is 118 Å². The zero-order valence-corrected chi connectivity index (χ0v) is 12.0. The Bertz CT molecular complexity index is 549. The lowest BCUT2D eigenvalue weighted by molar-refractivity contribution is -0.385. The Hall–Kier alpha value is -1.91. The summed E-state index contributed by atoms with van der Waals surface area (Å²) in [6.07, 6.45) is 1.69. The first-order chi connectivity index (χ1) is 9.46. The SMILES string of the molecule is CCC1(CC)C(=O)CC1Oc1cccc([N+](=O)[O-])c1C. The van der Waals surface area contributed by atoms with Crippen molar-refractivity contribution in [2.45, 2.75) is 46.1 Å². The molecular weight excluding hydrogens is 258 g/mol. The van der Waals surface area contributed by atoms with Gasteiger partial charge in [0.25, 0.3) is 5.69 Å². The molecule has 108 valence electrons. The summed E-state index contributed by atoms with van der Waals surface area (Å²) in [5.74, 6) is 0.735. The summed E-state index contributed by atoms with van der Waals surface area (Å²) in [6.45, 7) is 5.64. The normalized spacial score (nSPS) is 20.4. The average Bonchev–Trinajstić information content (AvgIpc) is 2.41. The zero-order valence-electron chi connectivity index (χ0n) is 12.0. The second kappa shape index (κ2) is 5.23. The van der Waals surface area contributed by atoms with Crippen LogP contribution in [0.3, 0.4) is 0 Å². The monoisotopic (exact) mass is 277 g/mol. The summed E-state index contributed by atoms with van der Waals surface area (Å²) in [6, 6.07) is 4.79. The van der Waals surface area contributed by atoms with Gasteiger partial charge in [-0.3, -0.25) is 14.9 Å². The molecule has 1 saturated carbocycles. The van der Waals surface area contributed by atoms with E-state index in [2.05, 4.69) is 0 Å². The number of carbonyl (C=O) groups excluding carboxylic acids is 1. The predicted molar refractivity (Wildman–Crippen MR) is 74.9 cm³/mol. The van der Waals surface area contributed by atoms with Crippen molar-refractivity contribution in [1.29, 1.82) is 0 Å². The summed E-state index contributed by atoms with van der Waals surface area (Å²) in [5, 5.41) is 10.9. The molecule has 1 fully saturated rings. The molecule has 1 aliphatic carbocycles. The van der Waals surface area contributed by atoms with Crippen LogP contribution in [0.25, 0.3) is 0 Å². The molecule has 1 aromatic carbocycles. The molecule has 5 nitrogen and oxygen atoms in total. The second-order valence-electron chi connectivity index (χ2n) is 5.25. The topological polar surface area (TPSA) is 69.4 Å². The van der Waals surface area contributed by atoms with Crippen molar-refractivity contribution >= 4 is 11.5 Å². The van der Waals surface area contributed by atoms with Crippen molar-refractivity contribution in [3.05, 3.63) is 33.9 Å². The first-order valence-electron chi connectivity index (χ1n) is 6.90. The smallest absolute Gasteiger partial charge is 0.276 e. The van der Waals surface area contributed by atoms with Crippen LogP contribution in [0.1, 0.15) is 38.7 Å². The highest BCUT2D eigenvalue weighted by atomic mass is 16.6. The molecule has 5 heteroatoms. The fourth-order valence-corrected chi connectivity index (χ4v) is 2.95. The first-order valence-corrected chi connectivity index (χ1v) is 6.90. The summed E-state index contributed by atoms with van der Waals surface area (Å²) < 4.78 is 5.91. The van der Waals surface area contributed by atoms with Crippen LogP contribution in [-0.2, 0) is 4.79 Å². The van der Waals surface area contributed by atoms with E-state index in [-0.39, 0.29) is 17.6 Å². The number of ketones is 1. The highest BCUT2D eigenvalue weighted by Crippen LogP contribution is 2.46.